The number of thiophene rings is 2. The predicted octanol–water partition coefficient (Wildman–Crippen LogP) is 16.8. The smallest absolute Gasteiger partial charge is 0.101 e. The summed E-state index contributed by atoms with van der Waals surface area (Å²) < 4.78 is 10.0. The van der Waals surface area contributed by atoms with Crippen LogP contribution < -0.4 is 0 Å². The molecule has 59 heavy (non-hydrogen) atoms. The Kier molecular flexibility index (Phi) is 30.0. The standard InChI is InChI=1S/C7H9N.C7H8.2C6H8O.2C6H8S.2C5H7NS.C2H6/c1-6-3-4-7(2)8-5-6;1-7-5-3-2-4-6-7;1-5-3-6(2)7-4-5;1-5-3-4-6(2)7-5;1-5-3-6(2)7-4-5;1-5-3-4-6(2)7-5;1-4-3-7-5(2)6-4;1-4-3-6-5(2)7-4;1-2/h3-5H,1-2H3;2-6H,1H3;4*3-4H,1-2H3;2*3H,1-2H3;1-2H3. The number of aromatic nitrogens is 3. The van der Waals surface area contributed by atoms with Crippen molar-refractivity contribution < 1.29 is 8.83 Å². The fourth-order valence-electron chi connectivity index (χ4n) is 4.28. The summed E-state index contributed by atoms with van der Waals surface area (Å²) in [5.74, 6) is 2.95. The lowest BCUT2D eigenvalue weighted by Gasteiger charge is -1.89. The molecule has 0 unspecified atom stereocenters. The van der Waals surface area contributed by atoms with Crippen LogP contribution in [0.2, 0.25) is 0 Å². The Morgan fingerprint density at radius 1 is 0.424 bits per heavy atom. The van der Waals surface area contributed by atoms with Gasteiger partial charge in [-0.15, -0.1) is 45.3 Å². The molecule has 0 N–H and O–H groups in total. The van der Waals surface area contributed by atoms with Crippen LogP contribution in [0.1, 0.15) is 94.3 Å². The summed E-state index contributed by atoms with van der Waals surface area (Å²) in [6, 6.07) is 26.7. The molecule has 0 aliphatic carbocycles. The Labute approximate surface area is 373 Å². The highest BCUT2D eigenvalue weighted by Crippen LogP contribution is 2.12. The second-order valence-electron chi connectivity index (χ2n) is 13.4. The summed E-state index contributed by atoms with van der Waals surface area (Å²) >= 11 is 7.07. The van der Waals surface area contributed by atoms with Gasteiger partial charge in [-0.2, -0.15) is 0 Å². The average molecular weight is 872 g/mol. The van der Waals surface area contributed by atoms with Crippen LogP contribution >= 0.6 is 45.3 Å². The van der Waals surface area contributed by atoms with Crippen LogP contribution in [0.5, 0.6) is 0 Å². The Morgan fingerprint density at radius 2 is 1.03 bits per heavy atom. The van der Waals surface area contributed by atoms with Crippen molar-refractivity contribution in [1.82, 2.24) is 15.0 Å². The summed E-state index contributed by atoms with van der Waals surface area (Å²) in [6.45, 7) is 34.5. The van der Waals surface area contributed by atoms with Gasteiger partial charge in [-0.05, 0) is 168 Å². The highest BCUT2D eigenvalue weighted by atomic mass is 32.1. The first kappa shape index (κ1) is 54.6. The molecule has 0 amide bonds. The Morgan fingerprint density at radius 3 is 1.22 bits per heavy atom. The first-order valence-corrected chi connectivity index (χ1v) is 23.1. The average Bonchev–Trinajstić information content (AvgIpc) is 4.08. The molecule has 9 heteroatoms. The quantitative estimate of drug-likeness (QED) is 0.152. The van der Waals surface area contributed by atoms with E-state index in [1.165, 1.54) is 41.8 Å². The van der Waals surface area contributed by atoms with Gasteiger partial charge in [0.25, 0.3) is 0 Å². The Hall–Kier alpha value is -4.41. The van der Waals surface area contributed by atoms with Gasteiger partial charge in [0.1, 0.15) is 17.3 Å². The first-order chi connectivity index (χ1) is 27.9. The maximum atomic E-state index is 5.08. The van der Waals surface area contributed by atoms with E-state index in [1.807, 2.05) is 142 Å². The molecule has 0 saturated carbocycles. The minimum Gasteiger partial charge on any atom is -0.469 e. The molecule has 8 rings (SSSR count). The van der Waals surface area contributed by atoms with Crippen LogP contribution in [0.4, 0.5) is 0 Å². The van der Waals surface area contributed by atoms with Crippen LogP contribution in [-0.4, -0.2) is 15.0 Å². The van der Waals surface area contributed by atoms with Crippen LogP contribution in [0.15, 0.2) is 117 Å². The van der Waals surface area contributed by atoms with Gasteiger partial charge in [0.05, 0.1) is 16.3 Å². The van der Waals surface area contributed by atoms with Crippen LogP contribution in [0, 0.1) is 104 Å². The molecule has 0 fully saturated rings. The molecule has 0 atom stereocenters. The largest absolute Gasteiger partial charge is 0.469 e. The zero-order chi connectivity index (χ0) is 44.8. The van der Waals surface area contributed by atoms with Gasteiger partial charge in [0, 0.05) is 48.7 Å². The van der Waals surface area contributed by atoms with E-state index in [2.05, 4.69) is 104 Å². The summed E-state index contributed by atoms with van der Waals surface area (Å²) in [5, 5.41) is 6.51. The van der Waals surface area contributed by atoms with Crippen molar-refractivity contribution in [3.8, 4) is 0 Å². The number of thiazole rings is 2. The lowest BCUT2D eigenvalue weighted by atomic mass is 10.2. The van der Waals surface area contributed by atoms with Crippen molar-refractivity contribution in [2.75, 3.05) is 0 Å². The molecule has 0 saturated heterocycles. The van der Waals surface area contributed by atoms with E-state index in [0.717, 1.165) is 38.7 Å². The molecule has 5 nitrogen and oxygen atoms in total. The van der Waals surface area contributed by atoms with Crippen molar-refractivity contribution in [3.05, 3.63) is 189 Å². The summed E-state index contributed by atoms with van der Waals surface area (Å²) in [6.07, 6.45) is 5.50. The minimum absolute atomic E-state index is 0.984. The van der Waals surface area contributed by atoms with E-state index < -0.39 is 0 Å². The van der Waals surface area contributed by atoms with Crippen molar-refractivity contribution in [2.24, 2.45) is 0 Å². The number of furan rings is 2. The number of hydrogen-bond acceptors (Lipinski definition) is 9. The molecule has 0 aliphatic rings. The fourth-order valence-corrected chi connectivity index (χ4v) is 7.02. The lowest BCUT2D eigenvalue weighted by Crippen LogP contribution is -1.78. The molecule has 0 bridgehead atoms. The number of benzene rings is 1. The number of hydrogen-bond donors (Lipinski definition) is 0. The van der Waals surface area contributed by atoms with Crippen LogP contribution in [-0.2, 0) is 0 Å². The predicted molar refractivity (Wildman–Crippen MR) is 263 cm³/mol. The monoisotopic (exact) mass is 871 g/mol. The van der Waals surface area contributed by atoms with Gasteiger partial charge in [0.2, 0.25) is 0 Å². The molecular weight excluding hydrogens is 803 g/mol. The zero-order valence-corrected chi connectivity index (χ0v) is 41.9. The van der Waals surface area contributed by atoms with Gasteiger partial charge in [-0.3, -0.25) is 4.98 Å². The molecule has 0 aliphatic heterocycles. The number of nitrogens with zero attached hydrogens (tertiary/aromatic N) is 3. The molecule has 7 heterocycles. The first-order valence-electron chi connectivity index (χ1n) is 19.7. The molecule has 8 aromatic rings. The normalized spacial score (nSPS) is 9.10. The van der Waals surface area contributed by atoms with Crippen LogP contribution in [0.25, 0.3) is 0 Å². The van der Waals surface area contributed by atoms with E-state index in [4.69, 9.17) is 8.83 Å². The SMILES string of the molecule is CC.Cc1ccc(C)nc1.Cc1ccc(C)o1.Cc1ccc(C)s1.Cc1ccccc1.Cc1cnc(C)s1.Cc1coc(C)c1.Cc1csc(C)c1.Cc1csc(C)n1. The maximum Gasteiger partial charge on any atom is 0.101 e. The molecular formula is C50H69N3O2S4. The van der Waals surface area contributed by atoms with Crippen molar-refractivity contribution in [2.45, 2.75) is 118 Å². The molecule has 1 aromatic carbocycles. The third kappa shape index (κ3) is 31.2. The van der Waals surface area contributed by atoms with Crippen LogP contribution in [0.3, 0.4) is 0 Å². The van der Waals surface area contributed by atoms with Gasteiger partial charge >= 0.3 is 0 Å². The van der Waals surface area contributed by atoms with Gasteiger partial charge < -0.3 is 8.83 Å². The number of pyridine rings is 1. The molecule has 7 aromatic heterocycles. The van der Waals surface area contributed by atoms with E-state index in [0.29, 0.717) is 0 Å². The summed E-state index contributed by atoms with van der Waals surface area (Å²) in [4.78, 5) is 17.7. The van der Waals surface area contributed by atoms with E-state index in [9.17, 15) is 0 Å². The van der Waals surface area contributed by atoms with Crippen molar-refractivity contribution in [1.29, 1.82) is 0 Å². The van der Waals surface area contributed by atoms with Gasteiger partial charge in [0.15, 0.2) is 0 Å². The van der Waals surface area contributed by atoms with Gasteiger partial charge in [-0.1, -0.05) is 55.8 Å². The maximum absolute atomic E-state index is 5.08. The molecule has 320 valence electrons. The minimum atomic E-state index is 0.984. The highest BCUT2D eigenvalue weighted by molar-refractivity contribution is 7.12. The van der Waals surface area contributed by atoms with E-state index >= 15 is 0 Å². The van der Waals surface area contributed by atoms with Crippen molar-refractivity contribution >= 4 is 45.3 Å². The second kappa shape index (κ2) is 32.4. The van der Waals surface area contributed by atoms with Crippen molar-refractivity contribution in [3.63, 3.8) is 0 Å². The summed E-state index contributed by atoms with van der Waals surface area (Å²) in [5.41, 5.74) is 7.32. The molecule has 0 radical (unpaired) electrons. The topological polar surface area (TPSA) is 65.0 Å². The number of rotatable bonds is 0. The second-order valence-corrected chi connectivity index (χ2v) is 18.5. The number of aryl methyl sites for hydroxylation is 15. The third-order valence-corrected chi connectivity index (χ3v) is 10.6. The van der Waals surface area contributed by atoms with E-state index in [-0.39, 0.29) is 0 Å². The third-order valence-electron chi connectivity index (χ3n) is 6.94. The van der Waals surface area contributed by atoms with E-state index in [1.54, 1.807) is 40.3 Å². The Balaban J connectivity index is 0.000000648. The summed E-state index contributed by atoms with van der Waals surface area (Å²) in [7, 11) is 0. The fraction of sp³-hybridized carbons (Fsp3) is 0.340. The lowest BCUT2D eigenvalue weighted by molar-refractivity contribution is 0.504. The van der Waals surface area contributed by atoms with Gasteiger partial charge in [-0.25, -0.2) is 9.97 Å². The molecule has 0 spiro atoms. The highest BCUT2D eigenvalue weighted by Gasteiger charge is 1.89. The zero-order valence-electron chi connectivity index (χ0n) is 38.7. The Bertz CT molecular complexity index is 1750.